The van der Waals surface area contributed by atoms with Crippen LogP contribution in [0.5, 0.6) is 11.6 Å². The molecule has 5 heteroatoms. The predicted molar refractivity (Wildman–Crippen MR) is 102 cm³/mol. The SMILES string of the molecule is C=C(c1cnc(Oc2cccc(Cl)c2)c2ccn(C)c12)N1CCCC1. The molecule has 0 unspecified atom stereocenters. The number of halogens is 1. The highest BCUT2D eigenvalue weighted by Crippen LogP contribution is 2.35. The number of nitrogens with zero attached hydrogens (tertiary/aromatic N) is 3. The van der Waals surface area contributed by atoms with Crippen molar-refractivity contribution in [2.75, 3.05) is 13.1 Å². The molecule has 3 aromatic rings. The van der Waals surface area contributed by atoms with Gasteiger partial charge in [-0.15, -0.1) is 0 Å². The van der Waals surface area contributed by atoms with Crippen molar-refractivity contribution in [1.82, 2.24) is 14.5 Å². The average Bonchev–Trinajstić information content (AvgIpc) is 3.25. The van der Waals surface area contributed by atoms with E-state index in [4.69, 9.17) is 16.3 Å². The van der Waals surface area contributed by atoms with E-state index < -0.39 is 0 Å². The molecule has 1 saturated heterocycles. The highest BCUT2D eigenvalue weighted by atomic mass is 35.5. The van der Waals surface area contributed by atoms with Gasteiger partial charge in [0.15, 0.2) is 0 Å². The van der Waals surface area contributed by atoms with Gasteiger partial charge in [-0.3, -0.25) is 0 Å². The first-order valence-corrected chi connectivity index (χ1v) is 8.83. The maximum absolute atomic E-state index is 6.05. The van der Waals surface area contributed by atoms with Crippen LogP contribution in [-0.4, -0.2) is 27.5 Å². The van der Waals surface area contributed by atoms with E-state index in [0.717, 1.165) is 35.3 Å². The molecule has 25 heavy (non-hydrogen) atoms. The number of ether oxygens (including phenoxy) is 1. The van der Waals surface area contributed by atoms with E-state index >= 15 is 0 Å². The quantitative estimate of drug-likeness (QED) is 0.654. The topological polar surface area (TPSA) is 30.3 Å². The van der Waals surface area contributed by atoms with Crippen LogP contribution >= 0.6 is 11.6 Å². The van der Waals surface area contributed by atoms with Crippen molar-refractivity contribution in [3.05, 3.63) is 59.9 Å². The first-order chi connectivity index (χ1) is 12.1. The molecule has 1 fully saturated rings. The second kappa shape index (κ2) is 6.45. The van der Waals surface area contributed by atoms with Gasteiger partial charge < -0.3 is 14.2 Å². The van der Waals surface area contributed by atoms with Crippen molar-refractivity contribution in [2.24, 2.45) is 7.05 Å². The summed E-state index contributed by atoms with van der Waals surface area (Å²) < 4.78 is 8.09. The Morgan fingerprint density at radius 1 is 1.24 bits per heavy atom. The molecule has 1 aliphatic heterocycles. The van der Waals surface area contributed by atoms with E-state index in [-0.39, 0.29) is 0 Å². The third kappa shape index (κ3) is 2.98. The van der Waals surface area contributed by atoms with Crippen molar-refractivity contribution in [2.45, 2.75) is 12.8 Å². The number of aryl methyl sites for hydroxylation is 1. The summed E-state index contributed by atoms with van der Waals surface area (Å²) in [5.74, 6) is 1.26. The smallest absolute Gasteiger partial charge is 0.228 e. The molecule has 3 heterocycles. The zero-order valence-electron chi connectivity index (χ0n) is 14.2. The van der Waals surface area contributed by atoms with E-state index in [2.05, 4.69) is 21.0 Å². The van der Waals surface area contributed by atoms with Gasteiger partial charge in [-0.25, -0.2) is 4.98 Å². The average molecular weight is 354 g/mol. The predicted octanol–water partition coefficient (Wildman–Crippen LogP) is 5.09. The lowest BCUT2D eigenvalue weighted by Crippen LogP contribution is -2.17. The van der Waals surface area contributed by atoms with Crippen molar-refractivity contribution in [3.63, 3.8) is 0 Å². The van der Waals surface area contributed by atoms with Gasteiger partial charge in [0.2, 0.25) is 5.88 Å². The number of hydrogen-bond donors (Lipinski definition) is 0. The molecular weight excluding hydrogens is 334 g/mol. The van der Waals surface area contributed by atoms with E-state index in [1.807, 2.05) is 43.7 Å². The van der Waals surface area contributed by atoms with Gasteiger partial charge in [-0.1, -0.05) is 24.2 Å². The maximum atomic E-state index is 6.05. The van der Waals surface area contributed by atoms with Gasteiger partial charge in [0.1, 0.15) is 5.75 Å². The van der Waals surface area contributed by atoms with Gasteiger partial charge in [0.25, 0.3) is 0 Å². The largest absolute Gasteiger partial charge is 0.438 e. The summed E-state index contributed by atoms with van der Waals surface area (Å²) in [5, 5.41) is 1.61. The van der Waals surface area contributed by atoms with Gasteiger partial charge >= 0.3 is 0 Å². The van der Waals surface area contributed by atoms with Gasteiger partial charge in [0, 0.05) is 48.8 Å². The summed E-state index contributed by atoms with van der Waals surface area (Å²) in [7, 11) is 2.03. The van der Waals surface area contributed by atoms with Crippen LogP contribution in [-0.2, 0) is 7.05 Å². The van der Waals surface area contributed by atoms with Gasteiger partial charge in [-0.2, -0.15) is 0 Å². The first kappa shape index (κ1) is 16.0. The maximum Gasteiger partial charge on any atom is 0.228 e. The normalized spacial score (nSPS) is 14.2. The molecule has 0 aliphatic carbocycles. The zero-order valence-corrected chi connectivity index (χ0v) is 15.0. The standard InChI is InChI=1S/C20H20ClN3O/c1-14(24-9-3-4-10-24)18-13-22-20(17-8-11-23(2)19(17)18)25-16-7-5-6-15(21)12-16/h5-8,11-13H,1,3-4,9-10H2,2H3. The molecule has 2 aromatic heterocycles. The fourth-order valence-corrected chi connectivity index (χ4v) is 3.56. The molecule has 4 nitrogen and oxygen atoms in total. The summed E-state index contributed by atoms with van der Waals surface area (Å²) >= 11 is 6.05. The second-order valence-corrected chi connectivity index (χ2v) is 6.80. The first-order valence-electron chi connectivity index (χ1n) is 8.45. The summed E-state index contributed by atoms with van der Waals surface area (Å²) in [5.41, 5.74) is 3.18. The van der Waals surface area contributed by atoms with Crippen LogP contribution in [0.1, 0.15) is 18.4 Å². The summed E-state index contributed by atoms with van der Waals surface area (Å²) in [6.45, 7) is 6.44. The van der Waals surface area contributed by atoms with E-state index in [9.17, 15) is 0 Å². The lowest BCUT2D eigenvalue weighted by Gasteiger charge is -2.21. The molecule has 1 aliphatic rings. The van der Waals surface area contributed by atoms with E-state index in [1.54, 1.807) is 6.07 Å². The van der Waals surface area contributed by atoms with Crippen LogP contribution < -0.4 is 4.74 Å². The molecule has 0 atom stereocenters. The van der Waals surface area contributed by atoms with Crippen LogP contribution in [0.4, 0.5) is 0 Å². The summed E-state index contributed by atoms with van der Waals surface area (Å²) in [6, 6.07) is 9.38. The molecular formula is C20H20ClN3O. The van der Waals surface area contributed by atoms with Crippen molar-refractivity contribution >= 4 is 28.2 Å². The lowest BCUT2D eigenvalue weighted by atomic mass is 10.1. The Hall–Kier alpha value is -2.46. The zero-order chi connectivity index (χ0) is 17.4. The molecule has 0 bridgehead atoms. The number of pyridine rings is 1. The Kier molecular flexibility index (Phi) is 4.14. The minimum Gasteiger partial charge on any atom is -0.438 e. The molecule has 0 amide bonds. The molecule has 0 N–H and O–H groups in total. The van der Waals surface area contributed by atoms with Crippen LogP contribution in [0.2, 0.25) is 5.02 Å². The Labute approximate surface area is 152 Å². The van der Waals surface area contributed by atoms with Gasteiger partial charge in [0.05, 0.1) is 10.9 Å². The van der Waals surface area contributed by atoms with Crippen molar-refractivity contribution < 1.29 is 4.74 Å². The Balaban J connectivity index is 1.76. The van der Waals surface area contributed by atoms with Crippen molar-refractivity contribution in [3.8, 4) is 11.6 Å². The summed E-state index contributed by atoms with van der Waals surface area (Å²) in [6.07, 6.45) is 6.33. The van der Waals surface area contributed by atoms with Crippen LogP contribution in [0.3, 0.4) is 0 Å². The number of rotatable bonds is 4. The summed E-state index contributed by atoms with van der Waals surface area (Å²) in [4.78, 5) is 6.91. The molecule has 0 spiro atoms. The lowest BCUT2D eigenvalue weighted by molar-refractivity contribution is 0.468. The molecule has 0 saturated carbocycles. The number of hydrogen-bond acceptors (Lipinski definition) is 3. The Morgan fingerprint density at radius 3 is 2.80 bits per heavy atom. The fourth-order valence-electron chi connectivity index (χ4n) is 3.38. The fraction of sp³-hybridized carbons (Fsp3) is 0.250. The van der Waals surface area contributed by atoms with E-state index in [1.165, 1.54) is 12.8 Å². The third-order valence-electron chi connectivity index (χ3n) is 4.68. The van der Waals surface area contributed by atoms with Gasteiger partial charge in [-0.05, 0) is 37.1 Å². The van der Waals surface area contributed by atoms with Crippen molar-refractivity contribution in [1.29, 1.82) is 0 Å². The minimum absolute atomic E-state index is 0.579. The van der Waals surface area contributed by atoms with Crippen LogP contribution in [0.15, 0.2) is 49.3 Å². The highest BCUT2D eigenvalue weighted by molar-refractivity contribution is 6.30. The third-order valence-corrected chi connectivity index (χ3v) is 4.91. The number of fused-ring (bicyclic) bond motifs is 1. The highest BCUT2D eigenvalue weighted by Gasteiger charge is 2.20. The monoisotopic (exact) mass is 353 g/mol. The Morgan fingerprint density at radius 2 is 2.04 bits per heavy atom. The minimum atomic E-state index is 0.579. The van der Waals surface area contributed by atoms with Crippen LogP contribution in [0, 0.1) is 0 Å². The molecule has 1 aromatic carbocycles. The van der Waals surface area contributed by atoms with E-state index in [0.29, 0.717) is 16.7 Å². The second-order valence-electron chi connectivity index (χ2n) is 6.37. The number of benzene rings is 1. The number of likely N-dealkylation sites (tertiary alicyclic amines) is 1. The van der Waals surface area contributed by atoms with Crippen LogP contribution in [0.25, 0.3) is 16.6 Å². The molecule has 128 valence electrons. The number of aromatic nitrogens is 2. The molecule has 4 rings (SSSR count). The molecule has 0 radical (unpaired) electrons. The Bertz CT molecular complexity index is 941.